The molecule has 0 aromatic rings. The molecular formula is C7H11F2NO2. The molecule has 70 valence electrons. The fourth-order valence-corrected chi connectivity index (χ4v) is 1.43. The maximum Gasteiger partial charge on any atom is 0.261 e. The molecule has 0 heterocycles. The summed E-state index contributed by atoms with van der Waals surface area (Å²) in [7, 11) is 0. The van der Waals surface area contributed by atoms with Crippen molar-refractivity contribution in [3.05, 3.63) is 0 Å². The molecule has 3 nitrogen and oxygen atoms in total. The average molecular weight is 179 g/mol. The number of alkyl halides is 2. The van der Waals surface area contributed by atoms with Crippen LogP contribution in [0.3, 0.4) is 0 Å². The van der Waals surface area contributed by atoms with Gasteiger partial charge in [0.25, 0.3) is 5.91 Å². The Morgan fingerprint density at radius 1 is 1.33 bits per heavy atom. The topological polar surface area (TPSA) is 63.3 Å². The summed E-state index contributed by atoms with van der Waals surface area (Å²) < 4.78 is 26.4. The lowest BCUT2D eigenvalue weighted by Crippen LogP contribution is -2.58. The van der Waals surface area contributed by atoms with Crippen LogP contribution in [-0.2, 0) is 4.79 Å². The van der Waals surface area contributed by atoms with Crippen LogP contribution in [0.5, 0.6) is 0 Å². The normalized spacial score (nSPS) is 42.6. The highest BCUT2D eigenvalue weighted by Crippen LogP contribution is 2.41. The first-order valence-corrected chi connectivity index (χ1v) is 3.80. The van der Waals surface area contributed by atoms with Crippen LogP contribution >= 0.6 is 0 Å². The lowest BCUT2D eigenvalue weighted by molar-refractivity contribution is -0.213. The predicted octanol–water partition coefficient (Wildman–Crippen LogP) is 0.412. The van der Waals surface area contributed by atoms with E-state index in [1.807, 2.05) is 0 Å². The van der Waals surface area contributed by atoms with Crippen molar-refractivity contribution in [2.24, 2.45) is 5.73 Å². The van der Waals surface area contributed by atoms with Gasteiger partial charge >= 0.3 is 0 Å². The molecule has 0 aliphatic heterocycles. The van der Waals surface area contributed by atoms with Crippen LogP contribution < -0.4 is 5.73 Å². The first kappa shape index (κ1) is 9.38. The monoisotopic (exact) mass is 179 g/mol. The summed E-state index contributed by atoms with van der Waals surface area (Å²) >= 11 is 0. The molecule has 1 amide bonds. The maximum atomic E-state index is 13.4. The van der Waals surface area contributed by atoms with Crippen molar-refractivity contribution in [2.75, 3.05) is 0 Å². The summed E-state index contributed by atoms with van der Waals surface area (Å²) in [6.45, 7) is 0. The van der Waals surface area contributed by atoms with E-state index in [2.05, 4.69) is 5.73 Å². The quantitative estimate of drug-likeness (QED) is 0.612. The van der Waals surface area contributed by atoms with E-state index < -0.39 is 17.4 Å². The minimum atomic E-state index is -3.09. The lowest BCUT2D eigenvalue weighted by atomic mass is 9.81. The van der Waals surface area contributed by atoms with Crippen molar-refractivity contribution in [3.8, 4) is 0 Å². The Morgan fingerprint density at radius 3 is 2.17 bits per heavy atom. The first-order chi connectivity index (χ1) is 5.40. The van der Waals surface area contributed by atoms with Crippen molar-refractivity contribution >= 4 is 5.91 Å². The van der Waals surface area contributed by atoms with Gasteiger partial charge in [-0.15, -0.1) is 0 Å². The van der Waals surface area contributed by atoms with Gasteiger partial charge in [-0.2, -0.15) is 0 Å². The minimum Gasteiger partial charge on any atom is -0.367 e. The summed E-state index contributed by atoms with van der Waals surface area (Å²) in [5.74, 6) is -4.51. The van der Waals surface area contributed by atoms with E-state index in [0.717, 1.165) is 0 Å². The largest absolute Gasteiger partial charge is 0.367 e. The van der Waals surface area contributed by atoms with E-state index in [1.165, 1.54) is 0 Å². The molecule has 1 rings (SSSR count). The van der Waals surface area contributed by atoms with E-state index in [4.69, 9.17) is 5.11 Å². The van der Waals surface area contributed by atoms with Crippen molar-refractivity contribution in [3.63, 3.8) is 0 Å². The van der Waals surface area contributed by atoms with Gasteiger partial charge < -0.3 is 10.8 Å². The zero-order chi connectivity index (χ0) is 9.41. The highest BCUT2D eigenvalue weighted by Gasteiger charge is 2.58. The Balaban J connectivity index is 2.91. The predicted molar refractivity (Wildman–Crippen MR) is 37.6 cm³/mol. The zero-order valence-corrected chi connectivity index (χ0v) is 6.52. The van der Waals surface area contributed by atoms with Gasteiger partial charge in [-0.3, -0.25) is 4.79 Å². The molecule has 0 spiro atoms. The number of primary amides is 1. The number of amides is 1. The summed E-state index contributed by atoms with van der Waals surface area (Å²) in [6, 6.07) is 0. The van der Waals surface area contributed by atoms with Gasteiger partial charge in [0.2, 0.25) is 11.5 Å². The van der Waals surface area contributed by atoms with Crippen molar-refractivity contribution in [1.82, 2.24) is 0 Å². The van der Waals surface area contributed by atoms with Gasteiger partial charge in [-0.1, -0.05) is 0 Å². The molecule has 0 radical (unpaired) electrons. The van der Waals surface area contributed by atoms with Crippen LogP contribution in [0.25, 0.3) is 0 Å². The average Bonchev–Trinajstić information content (AvgIpc) is 1.95. The molecule has 3 N–H and O–H groups in total. The van der Waals surface area contributed by atoms with Gasteiger partial charge in [0.1, 0.15) is 0 Å². The number of hydrogen-bond donors (Lipinski definition) is 2. The Labute approximate surface area is 68.5 Å². The van der Waals surface area contributed by atoms with Gasteiger partial charge in [-0.05, 0) is 19.3 Å². The molecule has 2 atom stereocenters. The molecule has 2 unspecified atom stereocenters. The van der Waals surface area contributed by atoms with Crippen molar-refractivity contribution < 1.29 is 18.7 Å². The third-order valence-electron chi connectivity index (χ3n) is 2.28. The second kappa shape index (κ2) is 2.65. The number of aliphatic hydroxyl groups is 1. The first-order valence-electron chi connectivity index (χ1n) is 3.80. The smallest absolute Gasteiger partial charge is 0.261 e. The van der Waals surface area contributed by atoms with Crippen LogP contribution in [-0.4, -0.2) is 22.5 Å². The van der Waals surface area contributed by atoms with E-state index in [1.54, 1.807) is 0 Å². The molecule has 12 heavy (non-hydrogen) atoms. The number of rotatable bonds is 1. The number of carbonyl (C=O) groups excluding carboxylic acids is 1. The van der Waals surface area contributed by atoms with Crippen molar-refractivity contribution in [2.45, 2.75) is 37.2 Å². The standard InChI is InChI=1S/C7H11F2NO2/c8-6(5(10)11)3-1-2-4-7(6,9)12/h12H,1-4H2,(H2,10,11). The molecule has 1 aliphatic rings. The summed E-state index contributed by atoms with van der Waals surface area (Å²) in [4.78, 5) is 10.5. The second-order valence-electron chi connectivity index (χ2n) is 3.13. The number of halogens is 2. The fourth-order valence-electron chi connectivity index (χ4n) is 1.43. The zero-order valence-electron chi connectivity index (χ0n) is 6.52. The highest BCUT2D eigenvalue weighted by molar-refractivity contribution is 5.84. The number of carbonyl (C=O) groups is 1. The molecule has 1 fully saturated rings. The Hall–Kier alpha value is -0.710. The lowest BCUT2D eigenvalue weighted by Gasteiger charge is -2.36. The third kappa shape index (κ3) is 1.18. The van der Waals surface area contributed by atoms with Crippen LogP contribution in [0.15, 0.2) is 0 Å². The molecule has 0 aromatic heterocycles. The van der Waals surface area contributed by atoms with E-state index in [0.29, 0.717) is 12.8 Å². The third-order valence-corrected chi connectivity index (χ3v) is 2.28. The summed E-state index contributed by atoms with van der Waals surface area (Å²) in [5, 5.41) is 8.92. The van der Waals surface area contributed by atoms with Gasteiger partial charge in [-0.25, -0.2) is 8.78 Å². The Bertz CT molecular complexity index is 208. The van der Waals surface area contributed by atoms with E-state index in [-0.39, 0.29) is 12.8 Å². The Kier molecular flexibility index (Phi) is 2.07. The summed E-state index contributed by atoms with van der Waals surface area (Å²) in [5.41, 5.74) is 1.77. The second-order valence-corrected chi connectivity index (χ2v) is 3.13. The van der Waals surface area contributed by atoms with Gasteiger partial charge in [0.05, 0.1) is 0 Å². The number of hydrogen-bond acceptors (Lipinski definition) is 2. The molecular weight excluding hydrogens is 168 g/mol. The van der Waals surface area contributed by atoms with Crippen molar-refractivity contribution in [1.29, 1.82) is 0 Å². The van der Waals surface area contributed by atoms with Crippen LogP contribution in [0.2, 0.25) is 0 Å². The molecule has 1 saturated carbocycles. The molecule has 1 aliphatic carbocycles. The molecule has 0 saturated heterocycles. The highest BCUT2D eigenvalue weighted by atomic mass is 19.2. The van der Waals surface area contributed by atoms with Gasteiger partial charge in [0.15, 0.2) is 0 Å². The van der Waals surface area contributed by atoms with Crippen LogP contribution in [0.4, 0.5) is 8.78 Å². The van der Waals surface area contributed by atoms with E-state index >= 15 is 0 Å². The Morgan fingerprint density at radius 2 is 1.83 bits per heavy atom. The number of nitrogens with two attached hydrogens (primary N) is 1. The molecule has 5 heteroatoms. The maximum absolute atomic E-state index is 13.4. The van der Waals surface area contributed by atoms with E-state index in [9.17, 15) is 13.6 Å². The fraction of sp³-hybridized carbons (Fsp3) is 0.857. The summed E-state index contributed by atoms with van der Waals surface area (Å²) in [6.07, 6.45) is 0.0272. The molecule has 0 bridgehead atoms. The van der Waals surface area contributed by atoms with Gasteiger partial charge in [0, 0.05) is 6.42 Å². The molecule has 0 aromatic carbocycles. The minimum absolute atomic E-state index is 0.338. The van der Waals surface area contributed by atoms with Crippen LogP contribution in [0.1, 0.15) is 25.7 Å². The van der Waals surface area contributed by atoms with Crippen LogP contribution in [0, 0.1) is 0 Å². The SMILES string of the molecule is NC(=O)C1(F)CCCCC1(O)F.